The molecule has 0 spiro atoms. The molecule has 0 bridgehead atoms. The van der Waals surface area contributed by atoms with Gasteiger partial charge in [-0.1, -0.05) is 44.2 Å². The molecule has 1 aliphatic carbocycles. The Morgan fingerprint density at radius 3 is 2.28 bits per heavy atom. The molecule has 1 N–H and O–H groups in total. The van der Waals surface area contributed by atoms with E-state index in [1.807, 2.05) is 44.2 Å². The molecule has 0 saturated heterocycles. The fourth-order valence-corrected chi connectivity index (χ4v) is 1.90. The van der Waals surface area contributed by atoms with Crippen LogP contribution in [0.5, 0.6) is 0 Å². The van der Waals surface area contributed by atoms with Crippen LogP contribution < -0.4 is 5.32 Å². The first kappa shape index (κ1) is 12.8. The average Bonchev–Trinajstić information content (AvgIpc) is 3.20. The van der Waals surface area contributed by atoms with Crippen LogP contribution in [-0.2, 0) is 9.59 Å². The Balaban J connectivity index is 2.17. The second kappa shape index (κ2) is 5.34. The van der Waals surface area contributed by atoms with Crippen molar-refractivity contribution in [1.82, 2.24) is 5.32 Å². The predicted octanol–water partition coefficient (Wildman–Crippen LogP) is 2.48. The summed E-state index contributed by atoms with van der Waals surface area (Å²) in [6.45, 7) is 3.73. The van der Waals surface area contributed by atoms with E-state index in [0.29, 0.717) is 0 Å². The molecule has 1 aliphatic rings. The summed E-state index contributed by atoms with van der Waals surface area (Å²) in [5.74, 6) is 0.110. The van der Waals surface area contributed by atoms with E-state index in [0.717, 1.165) is 18.4 Å². The van der Waals surface area contributed by atoms with Gasteiger partial charge < -0.3 is 5.32 Å². The molecule has 1 saturated carbocycles. The third kappa shape index (κ3) is 2.97. The van der Waals surface area contributed by atoms with E-state index < -0.39 is 6.04 Å². The summed E-state index contributed by atoms with van der Waals surface area (Å²) in [6, 6.07) is 8.96. The first-order valence-electron chi connectivity index (χ1n) is 6.48. The molecule has 1 fully saturated rings. The maximum Gasteiger partial charge on any atom is 0.223 e. The highest BCUT2D eigenvalue weighted by atomic mass is 16.2. The number of carbonyl (C=O) groups excluding carboxylic acids is 2. The summed E-state index contributed by atoms with van der Waals surface area (Å²) < 4.78 is 0. The van der Waals surface area contributed by atoms with Crippen molar-refractivity contribution in [2.24, 2.45) is 11.8 Å². The molecule has 0 radical (unpaired) electrons. The number of Topliss-reactive ketones (excluding diaryl/α,β-unsaturated/α-hetero) is 1. The minimum absolute atomic E-state index is 0.0119. The quantitative estimate of drug-likeness (QED) is 0.866. The second-order valence-corrected chi connectivity index (χ2v) is 5.18. The number of benzene rings is 1. The normalized spacial score (nSPS) is 16.4. The third-order valence-electron chi connectivity index (χ3n) is 3.22. The molecule has 0 heterocycles. The Kier molecular flexibility index (Phi) is 3.80. The zero-order chi connectivity index (χ0) is 13.1. The lowest BCUT2D eigenvalue weighted by Gasteiger charge is -2.20. The SMILES string of the molecule is CC(C)C(=O)[C@H](NC(=O)C1CC1)c1ccccc1. The highest BCUT2D eigenvalue weighted by Gasteiger charge is 2.33. The zero-order valence-corrected chi connectivity index (χ0v) is 10.8. The van der Waals surface area contributed by atoms with Crippen LogP contribution in [-0.4, -0.2) is 11.7 Å². The Bertz CT molecular complexity index is 435. The van der Waals surface area contributed by atoms with Gasteiger partial charge in [0.2, 0.25) is 5.91 Å². The van der Waals surface area contributed by atoms with E-state index >= 15 is 0 Å². The molecule has 1 amide bonds. The second-order valence-electron chi connectivity index (χ2n) is 5.18. The summed E-state index contributed by atoms with van der Waals surface area (Å²) in [6.07, 6.45) is 1.90. The minimum atomic E-state index is -0.501. The topological polar surface area (TPSA) is 46.2 Å². The monoisotopic (exact) mass is 245 g/mol. The summed E-state index contributed by atoms with van der Waals surface area (Å²) in [4.78, 5) is 24.1. The van der Waals surface area contributed by atoms with Crippen LogP contribution in [0.3, 0.4) is 0 Å². The highest BCUT2D eigenvalue weighted by molar-refractivity contribution is 5.92. The van der Waals surface area contributed by atoms with Crippen molar-refractivity contribution >= 4 is 11.7 Å². The van der Waals surface area contributed by atoms with E-state index in [-0.39, 0.29) is 23.5 Å². The maximum atomic E-state index is 12.2. The van der Waals surface area contributed by atoms with E-state index in [1.54, 1.807) is 0 Å². The van der Waals surface area contributed by atoms with Gasteiger partial charge in [0.15, 0.2) is 5.78 Å². The largest absolute Gasteiger partial charge is 0.342 e. The Labute approximate surface area is 108 Å². The minimum Gasteiger partial charge on any atom is -0.342 e. The van der Waals surface area contributed by atoms with Crippen LogP contribution >= 0.6 is 0 Å². The lowest BCUT2D eigenvalue weighted by molar-refractivity contribution is -0.130. The highest BCUT2D eigenvalue weighted by Crippen LogP contribution is 2.30. The van der Waals surface area contributed by atoms with Crippen LogP contribution in [0, 0.1) is 11.8 Å². The van der Waals surface area contributed by atoms with Crippen LogP contribution in [0.4, 0.5) is 0 Å². The van der Waals surface area contributed by atoms with Crippen molar-refractivity contribution in [2.45, 2.75) is 32.7 Å². The number of hydrogen-bond donors (Lipinski definition) is 1. The van der Waals surface area contributed by atoms with E-state index in [1.165, 1.54) is 0 Å². The van der Waals surface area contributed by atoms with Crippen LogP contribution in [0.1, 0.15) is 38.3 Å². The van der Waals surface area contributed by atoms with Crippen molar-refractivity contribution in [2.75, 3.05) is 0 Å². The molecule has 1 aromatic rings. The van der Waals surface area contributed by atoms with Crippen molar-refractivity contribution in [3.63, 3.8) is 0 Å². The van der Waals surface area contributed by atoms with Gasteiger partial charge in [-0.25, -0.2) is 0 Å². The first-order valence-corrected chi connectivity index (χ1v) is 6.48. The molecule has 3 nitrogen and oxygen atoms in total. The fraction of sp³-hybridized carbons (Fsp3) is 0.467. The summed E-state index contributed by atoms with van der Waals surface area (Å²) in [7, 11) is 0. The smallest absolute Gasteiger partial charge is 0.223 e. The van der Waals surface area contributed by atoms with Crippen LogP contribution in [0.15, 0.2) is 30.3 Å². The van der Waals surface area contributed by atoms with Gasteiger partial charge in [-0.15, -0.1) is 0 Å². The third-order valence-corrected chi connectivity index (χ3v) is 3.22. The lowest BCUT2D eigenvalue weighted by atomic mass is 9.95. The number of nitrogens with one attached hydrogen (secondary N) is 1. The van der Waals surface area contributed by atoms with Gasteiger partial charge in [0.05, 0.1) is 0 Å². The number of carbonyl (C=O) groups is 2. The molecule has 18 heavy (non-hydrogen) atoms. The van der Waals surface area contributed by atoms with E-state index in [4.69, 9.17) is 0 Å². The molecule has 0 unspecified atom stereocenters. The Morgan fingerprint density at radius 1 is 1.17 bits per heavy atom. The van der Waals surface area contributed by atoms with Gasteiger partial charge in [0, 0.05) is 11.8 Å². The number of hydrogen-bond acceptors (Lipinski definition) is 2. The lowest BCUT2D eigenvalue weighted by Crippen LogP contribution is -2.36. The van der Waals surface area contributed by atoms with E-state index in [2.05, 4.69) is 5.32 Å². The van der Waals surface area contributed by atoms with Gasteiger partial charge in [-0.3, -0.25) is 9.59 Å². The first-order chi connectivity index (χ1) is 8.59. The van der Waals surface area contributed by atoms with E-state index in [9.17, 15) is 9.59 Å². The van der Waals surface area contributed by atoms with Gasteiger partial charge in [0.1, 0.15) is 6.04 Å². The zero-order valence-electron chi connectivity index (χ0n) is 10.8. The predicted molar refractivity (Wildman–Crippen MR) is 69.9 cm³/mol. The molecule has 0 aromatic heterocycles. The summed E-state index contributed by atoms with van der Waals surface area (Å²) in [5.41, 5.74) is 0.866. The molecule has 1 aromatic carbocycles. The molecule has 2 rings (SSSR count). The Morgan fingerprint density at radius 2 is 1.78 bits per heavy atom. The number of rotatable bonds is 5. The molecule has 1 atom stereocenters. The summed E-state index contributed by atoms with van der Waals surface area (Å²) in [5, 5.41) is 2.89. The standard InChI is InChI=1S/C15H19NO2/c1-10(2)14(17)13(11-6-4-3-5-7-11)16-15(18)12-8-9-12/h3-7,10,12-13H,8-9H2,1-2H3,(H,16,18)/t13-/m1/s1. The van der Waals surface area contributed by atoms with Crippen LogP contribution in [0.2, 0.25) is 0 Å². The number of amides is 1. The molecule has 3 heteroatoms. The van der Waals surface area contributed by atoms with Crippen LogP contribution in [0.25, 0.3) is 0 Å². The maximum absolute atomic E-state index is 12.2. The number of ketones is 1. The van der Waals surface area contributed by atoms with Crippen molar-refractivity contribution < 1.29 is 9.59 Å². The molecular weight excluding hydrogens is 226 g/mol. The van der Waals surface area contributed by atoms with Crippen molar-refractivity contribution in [1.29, 1.82) is 0 Å². The average molecular weight is 245 g/mol. The van der Waals surface area contributed by atoms with Gasteiger partial charge in [-0.2, -0.15) is 0 Å². The summed E-state index contributed by atoms with van der Waals surface area (Å²) >= 11 is 0. The van der Waals surface area contributed by atoms with Crippen molar-refractivity contribution in [3.8, 4) is 0 Å². The van der Waals surface area contributed by atoms with Gasteiger partial charge in [0.25, 0.3) is 0 Å². The van der Waals surface area contributed by atoms with Gasteiger partial charge in [-0.05, 0) is 18.4 Å². The fourth-order valence-electron chi connectivity index (χ4n) is 1.90. The molecule has 0 aliphatic heterocycles. The molecule has 96 valence electrons. The molecular formula is C15H19NO2. The Hall–Kier alpha value is -1.64. The van der Waals surface area contributed by atoms with Gasteiger partial charge >= 0.3 is 0 Å². The van der Waals surface area contributed by atoms with Crippen molar-refractivity contribution in [3.05, 3.63) is 35.9 Å².